The van der Waals surface area contributed by atoms with Crippen molar-refractivity contribution in [3.8, 4) is 0 Å². The maximum atomic E-state index is 12.7. The summed E-state index contributed by atoms with van der Waals surface area (Å²) >= 11 is 4.77. The number of aliphatic imine (C=N–C) groups is 1. The summed E-state index contributed by atoms with van der Waals surface area (Å²) in [6.07, 6.45) is -3.36. The van der Waals surface area contributed by atoms with Gasteiger partial charge in [0.1, 0.15) is 0 Å². The lowest BCUT2D eigenvalue weighted by Gasteiger charge is -2.19. The summed E-state index contributed by atoms with van der Waals surface area (Å²) < 4.78 is 38.6. The summed E-state index contributed by atoms with van der Waals surface area (Å²) in [6, 6.07) is 3.73. The van der Waals surface area contributed by atoms with Crippen LogP contribution in [-0.2, 0) is 6.18 Å². The van der Waals surface area contributed by atoms with Gasteiger partial charge in [-0.3, -0.25) is 4.99 Å². The van der Waals surface area contributed by atoms with Gasteiger partial charge in [0.05, 0.1) is 17.3 Å². The first-order valence-corrected chi connectivity index (χ1v) is 7.48. The summed E-state index contributed by atoms with van der Waals surface area (Å²) in [7, 11) is 0. The Morgan fingerprint density at radius 2 is 2.16 bits per heavy atom. The SMILES string of the molecule is CC1CCSC(Nc2cc(C(F)(F)F)ccc2Br)=N1. The van der Waals surface area contributed by atoms with Gasteiger partial charge in [-0.05, 0) is 47.5 Å². The van der Waals surface area contributed by atoms with E-state index in [1.54, 1.807) is 0 Å². The first-order valence-electron chi connectivity index (χ1n) is 5.70. The Morgan fingerprint density at radius 1 is 1.42 bits per heavy atom. The lowest BCUT2D eigenvalue weighted by molar-refractivity contribution is -0.137. The molecular weight excluding hydrogens is 341 g/mol. The van der Waals surface area contributed by atoms with E-state index in [1.807, 2.05) is 6.92 Å². The summed E-state index contributed by atoms with van der Waals surface area (Å²) in [6.45, 7) is 1.99. The second-order valence-corrected chi connectivity index (χ2v) is 6.18. The molecule has 1 aliphatic heterocycles. The zero-order valence-electron chi connectivity index (χ0n) is 10.1. The molecule has 1 N–H and O–H groups in total. The smallest absolute Gasteiger partial charge is 0.334 e. The first kappa shape index (κ1) is 14.7. The van der Waals surface area contributed by atoms with E-state index < -0.39 is 11.7 Å². The van der Waals surface area contributed by atoms with Crippen molar-refractivity contribution < 1.29 is 13.2 Å². The number of anilines is 1. The number of rotatable bonds is 1. The number of benzene rings is 1. The predicted molar refractivity (Wildman–Crippen MR) is 76.7 cm³/mol. The van der Waals surface area contributed by atoms with Crippen LogP contribution in [0.15, 0.2) is 27.7 Å². The van der Waals surface area contributed by atoms with E-state index in [0.29, 0.717) is 15.3 Å². The molecule has 2 nitrogen and oxygen atoms in total. The lowest BCUT2D eigenvalue weighted by Crippen LogP contribution is -2.18. The number of hydrogen-bond donors (Lipinski definition) is 1. The van der Waals surface area contributed by atoms with Crippen LogP contribution in [0.2, 0.25) is 0 Å². The quantitative estimate of drug-likeness (QED) is 0.787. The third-order valence-electron chi connectivity index (χ3n) is 2.65. The van der Waals surface area contributed by atoms with E-state index in [9.17, 15) is 13.2 Å². The number of alkyl halides is 3. The molecule has 0 aliphatic carbocycles. The fourth-order valence-corrected chi connectivity index (χ4v) is 3.04. The monoisotopic (exact) mass is 352 g/mol. The molecule has 0 radical (unpaired) electrons. The van der Waals surface area contributed by atoms with Crippen LogP contribution >= 0.6 is 27.7 Å². The van der Waals surface area contributed by atoms with E-state index in [1.165, 1.54) is 17.8 Å². The zero-order valence-corrected chi connectivity index (χ0v) is 12.5. The maximum absolute atomic E-state index is 12.7. The summed E-state index contributed by atoms with van der Waals surface area (Å²) in [5, 5.41) is 3.62. The Labute approximate surface area is 122 Å². The van der Waals surface area contributed by atoms with Crippen LogP contribution < -0.4 is 5.32 Å². The van der Waals surface area contributed by atoms with Crippen molar-refractivity contribution in [2.75, 3.05) is 11.1 Å². The molecular formula is C12H12BrF3N2S. The molecule has 1 unspecified atom stereocenters. The van der Waals surface area contributed by atoms with Gasteiger partial charge in [-0.1, -0.05) is 11.8 Å². The summed E-state index contributed by atoms with van der Waals surface area (Å²) in [5.74, 6) is 0.920. The molecule has 7 heteroatoms. The van der Waals surface area contributed by atoms with Crippen LogP contribution in [0.4, 0.5) is 18.9 Å². The molecule has 2 rings (SSSR count). The minimum Gasteiger partial charge on any atom is -0.334 e. The standard InChI is InChI=1S/C12H12BrF3N2S/c1-7-4-5-19-11(17-7)18-10-6-8(12(14,15)16)2-3-9(10)13/h2-3,6-7H,4-5H2,1H3,(H,17,18). The van der Waals surface area contributed by atoms with E-state index in [2.05, 4.69) is 26.2 Å². The molecule has 1 aromatic carbocycles. The Morgan fingerprint density at radius 3 is 2.79 bits per heavy atom. The van der Waals surface area contributed by atoms with Crippen molar-refractivity contribution in [1.29, 1.82) is 0 Å². The highest BCUT2D eigenvalue weighted by atomic mass is 79.9. The van der Waals surface area contributed by atoms with Gasteiger partial charge in [-0.15, -0.1) is 0 Å². The molecule has 104 valence electrons. The second-order valence-electron chi connectivity index (χ2n) is 4.24. The normalized spacial score (nSPS) is 20.1. The second kappa shape index (κ2) is 5.75. The minimum absolute atomic E-state index is 0.202. The Bertz CT molecular complexity index is 502. The highest BCUT2D eigenvalue weighted by Crippen LogP contribution is 2.34. The Balaban J connectivity index is 2.24. The van der Waals surface area contributed by atoms with Crippen LogP contribution in [0.1, 0.15) is 18.9 Å². The first-order chi connectivity index (χ1) is 8.86. The van der Waals surface area contributed by atoms with Gasteiger partial charge < -0.3 is 5.32 Å². The fraction of sp³-hybridized carbons (Fsp3) is 0.417. The van der Waals surface area contributed by atoms with Crippen LogP contribution in [0, 0.1) is 0 Å². The zero-order chi connectivity index (χ0) is 14.0. The van der Waals surface area contributed by atoms with E-state index in [0.717, 1.165) is 24.3 Å². The van der Waals surface area contributed by atoms with Crippen molar-refractivity contribution in [2.24, 2.45) is 4.99 Å². The molecule has 0 amide bonds. The van der Waals surface area contributed by atoms with E-state index >= 15 is 0 Å². The Hall–Kier alpha value is -0.690. The van der Waals surface area contributed by atoms with Gasteiger partial charge in [0.15, 0.2) is 5.17 Å². The van der Waals surface area contributed by atoms with Gasteiger partial charge in [0, 0.05) is 10.2 Å². The van der Waals surface area contributed by atoms with Crippen molar-refractivity contribution in [1.82, 2.24) is 0 Å². The number of amidine groups is 1. The Kier molecular flexibility index (Phi) is 4.45. The molecule has 0 saturated carbocycles. The van der Waals surface area contributed by atoms with Crippen molar-refractivity contribution in [3.63, 3.8) is 0 Å². The number of halogens is 4. The number of hydrogen-bond acceptors (Lipinski definition) is 3. The minimum atomic E-state index is -4.34. The topological polar surface area (TPSA) is 24.4 Å². The van der Waals surface area contributed by atoms with Crippen molar-refractivity contribution in [3.05, 3.63) is 28.2 Å². The third kappa shape index (κ3) is 3.89. The molecule has 1 aromatic rings. The maximum Gasteiger partial charge on any atom is 0.416 e. The molecule has 0 bridgehead atoms. The fourth-order valence-electron chi connectivity index (χ4n) is 1.61. The third-order valence-corrected chi connectivity index (χ3v) is 4.26. The van der Waals surface area contributed by atoms with Gasteiger partial charge in [-0.2, -0.15) is 13.2 Å². The summed E-state index contributed by atoms with van der Waals surface area (Å²) in [4.78, 5) is 4.38. The van der Waals surface area contributed by atoms with Crippen LogP contribution in [-0.4, -0.2) is 17.0 Å². The van der Waals surface area contributed by atoms with Crippen LogP contribution in [0.3, 0.4) is 0 Å². The molecule has 0 spiro atoms. The van der Waals surface area contributed by atoms with Gasteiger partial charge in [0.25, 0.3) is 0 Å². The van der Waals surface area contributed by atoms with E-state index in [-0.39, 0.29) is 6.04 Å². The molecule has 1 aliphatic rings. The molecule has 0 fully saturated rings. The van der Waals surface area contributed by atoms with Gasteiger partial charge in [-0.25, -0.2) is 0 Å². The van der Waals surface area contributed by atoms with Gasteiger partial charge >= 0.3 is 6.18 Å². The van der Waals surface area contributed by atoms with Crippen LogP contribution in [0.25, 0.3) is 0 Å². The molecule has 0 aromatic heterocycles. The largest absolute Gasteiger partial charge is 0.416 e. The van der Waals surface area contributed by atoms with Crippen LogP contribution in [0.5, 0.6) is 0 Å². The van der Waals surface area contributed by atoms with Gasteiger partial charge in [0.2, 0.25) is 0 Å². The van der Waals surface area contributed by atoms with Crippen molar-refractivity contribution in [2.45, 2.75) is 25.6 Å². The summed E-state index contributed by atoms with van der Waals surface area (Å²) in [5.41, 5.74) is -0.289. The van der Waals surface area contributed by atoms with E-state index in [4.69, 9.17) is 0 Å². The molecule has 1 heterocycles. The number of nitrogens with one attached hydrogen (secondary N) is 1. The number of nitrogens with zero attached hydrogens (tertiary/aromatic N) is 1. The highest BCUT2D eigenvalue weighted by molar-refractivity contribution is 9.10. The lowest BCUT2D eigenvalue weighted by atomic mass is 10.2. The number of thioether (sulfide) groups is 1. The average molecular weight is 353 g/mol. The predicted octanol–water partition coefficient (Wildman–Crippen LogP) is 4.76. The van der Waals surface area contributed by atoms with Crippen molar-refractivity contribution >= 4 is 38.5 Å². The highest BCUT2D eigenvalue weighted by Gasteiger charge is 2.31. The average Bonchev–Trinajstić information content (AvgIpc) is 2.30. The molecule has 1 atom stereocenters. The molecule has 19 heavy (non-hydrogen) atoms. The molecule has 0 saturated heterocycles.